The maximum absolute atomic E-state index is 11.3. The lowest BCUT2D eigenvalue weighted by Gasteiger charge is -2.25. The zero-order valence-corrected chi connectivity index (χ0v) is 11.2. The highest BCUT2D eigenvalue weighted by Gasteiger charge is 2.30. The van der Waals surface area contributed by atoms with Crippen molar-refractivity contribution >= 4 is 46.4 Å². The number of carbonyl (C=O) groups excluding carboxylic acids is 1. The van der Waals surface area contributed by atoms with Crippen molar-refractivity contribution in [1.82, 2.24) is 0 Å². The molecule has 1 aliphatic heterocycles. The molecule has 2 rings (SSSR count). The van der Waals surface area contributed by atoms with Crippen LogP contribution < -0.4 is 10.6 Å². The summed E-state index contributed by atoms with van der Waals surface area (Å²) in [5.74, 6) is -0.352. The molecule has 0 aliphatic carbocycles. The van der Waals surface area contributed by atoms with Crippen LogP contribution in [0.25, 0.3) is 0 Å². The van der Waals surface area contributed by atoms with Crippen molar-refractivity contribution in [2.75, 3.05) is 11.4 Å². The smallest absolute Gasteiger partial charge is 0.240 e. The van der Waals surface area contributed by atoms with E-state index in [2.05, 4.69) is 0 Å². The van der Waals surface area contributed by atoms with Gasteiger partial charge in [-0.3, -0.25) is 4.79 Å². The minimum atomic E-state index is -0.352. The van der Waals surface area contributed by atoms with Gasteiger partial charge >= 0.3 is 0 Å². The Hall–Kier alpha value is -0.640. The minimum Gasteiger partial charge on any atom is -0.368 e. The number of halogens is 3. The molecular weight excluding hydrogens is 282 g/mol. The highest BCUT2D eigenvalue weighted by molar-refractivity contribution is 6.45. The van der Waals surface area contributed by atoms with Crippen LogP contribution in [0.2, 0.25) is 15.1 Å². The fourth-order valence-electron chi connectivity index (χ4n) is 2.10. The first kappa shape index (κ1) is 12.8. The van der Waals surface area contributed by atoms with Gasteiger partial charge in [0, 0.05) is 11.6 Å². The summed E-state index contributed by atoms with van der Waals surface area (Å²) in [7, 11) is 0. The van der Waals surface area contributed by atoms with E-state index >= 15 is 0 Å². The van der Waals surface area contributed by atoms with Crippen LogP contribution in [-0.4, -0.2) is 18.5 Å². The molecule has 0 unspecified atom stereocenters. The maximum atomic E-state index is 11.3. The van der Waals surface area contributed by atoms with Gasteiger partial charge in [-0.1, -0.05) is 34.8 Å². The minimum absolute atomic E-state index is 0.331. The van der Waals surface area contributed by atoms with Gasteiger partial charge < -0.3 is 10.6 Å². The number of primary amides is 1. The average molecular weight is 294 g/mol. The molecule has 1 aromatic carbocycles. The first-order valence-electron chi connectivity index (χ1n) is 5.21. The number of nitrogens with two attached hydrogens (primary N) is 1. The fourth-order valence-corrected chi connectivity index (χ4v) is 2.80. The SMILES string of the molecule is NC(=O)[C@H]1CCCN1c1cc(Cl)cc(Cl)c1Cl. The van der Waals surface area contributed by atoms with E-state index in [-0.39, 0.29) is 11.9 Å². The number of rotatable bonds is 2. The number of carbonyl (C=O) groups is 1. The van der Waals surface area contributed by atoms with Crippen LogP contribution in [0.4, 0.5) is 5.69 Å². The van der Waals surface area contributed by atoms with Gasteiger partial charge in [0.15, 0.2) is 0 Å². The topological polar surface area (TPSA) is 46.3 Å². The normalized spacial score (nSPS) is 19.7. The lowest BCUT2D eigenvalue weighted by Crippen LogP contribution is -2.40. The molecule has 17 heavy (non-hydrogen) atoms. The fraction of sp³-hybridized carbons (Fsp3) is 0.364. The third kappa shape index (κ3) is 2.46. The van der Waals surface area contributed by atoms with E-state index < -0.39 is 0 Å². The van der Waals surface area contributed by atoms with Crippen LogP contribution in [0.15, 0.2) is 12.1 Å². The van der Waals surface area contributed by atoms with Gasteiger partial charge in [-0.25, -0.2) is 0 Å². The largest absolute Gasteiger partial charge is 0.368 e. The van der Waals surface area contributed by atoms with Crippen molar-refractivity contribution in [3.05, 3.63) is 27.2 Å². The van der Waals surface area contributed by atoms with Gasteiger partial charge in [-0.2, -0.15) is 0 Å². The predicted octanol–water partition coefficient (Wildman–Crippen LogP) is 3.10. The molecule has 6 heteroatoms. The van der Waals surface area contributed by atoms with Crippen LogP contribution in [-0.2, 0) is 4.79 Å². The molecule has 0 radical (unpaired) electrons. The number of nitrogens with zero attached hydrogens (tertiary/aromatic N) is 1. The quantitative estimate of drug-likeness (QED) is 0.852. The first-order chi connectivity index (χ1) is 8.00. The predicted molar refractivity (Wildman–Crippen MR) is 71.0 cm³/mol. The van der Waals surface area contributed by atoms with E-state index in [1.165, 1.54) is 0 Å². The molecule has 0 spiro atoms. The lowest BCUT2D eigenvalue weighted by molar-refractivity contribution is -0.119. The number of amides is 1. The van der Waals surface area contributed by atoms with Crippen molar-refractivity contribution in [2.24, 2.45) is 5.73 Å². The highest BCUT2D eigenvalue weighted by Crippen LogP contribution is 2.38. The van der Waals surface area contributed by atoms with E-state index in [4.69, 9.17) is 40.5 Å². The van der Waals surface area contributed by atoms with Crippen LogP contribution in [0.1, 0.15) is 12.8 Å². The molecular formula is C11H11Cl3N2O. The van der Waals surface area contributed by atoms with Crippen LogP contribution >= 0.6 is 34.8 Å². The molecule has 1 aliphatic rings. The number of hydrogen-bond donors (Lipinski definition) is 1. The second kappa shape index (κ2) is 4.92. The van der Waals surface area contributed by atoms with Crippen LogP contribution in [0, 0.1) is 0 Å². The van der Waals surface area contributed by atoms with Gasteiger partial charge in [0.2, 0.25) is 5.91 Å². The second-order valence-electron chi connectivity index (χ2n) is 3.97. The summed E-state index contributed by atoms with van der Waals surface area (Å²) in [5.41, 5.74) is 6.03. The van der Waals surface area contributed by atoms with Gasteiger partial charge in [0.25, 0.3) is 0 Å². The number of benzene rings is 1. The number of anilines is 1. The van der Waals surface area contributed by atoms with E-state index in [0.29, 0.717) is 20.8 Å². The highest BCUT2D eigenvalue weighted by atomic mass is 35.5. The molecule has 3 nitrogen and oxygen atoms in total. The Balaban J connectivity index is 2.43. The molecule has 1 saturated heterocycles. The maximum Gasteiger partial charge on any atom is 0.240 e. The molecule has 1 atom stereocenters. The Morgan fingerprint density at radius 2 is 2.06 bits per heavy atom. The summed E-state index contributed by atoms with van der Waals surface area (Å²) < 4.78 is 0. The molecule has 2 N–H and O–H groups in total. The Bertz CT molecular complexity index is 464. The Morgan fingerprint density at radius 1 is 1.35 bits per heavy atom. The van der Waals surface area contributed by atoms with Crippen LogP contribution in [0.3, 0.4) is 0 Å². The summed E-state index contributed by atoms with van der Waals surface area (Å²) in [6.07, 6.45) is 1.63. The Kier molecular flexibility index (Phi) is 3.71. The lowest BCUT2D eigenvalue weighted by atomic mass is 10.2. The third-order valence-electron chi connectivity index (χ3n) is 2.86. The molecule has 1 fully saturated rings. The van der Waals surface area contributed by atoms with Crippen molar-refractivity contribution in [1.29, 1.82) is 0 Å². The summed E-state index contributed by atoms with van der Waals surface area (Å²) in [4.78, 5) is 13.2. The van der Waals surface area contributed by atoms with Crippen molar-refractivity contribution in [3.63, 3.8) is 0 Å². The molecule has 0 bridgehead atoms. The van der Waals surface area contributed by atoms with Gasteiger partial charge in [-0.05, 0) is 25.0 Å². The standard InChI is InChI=1S/C11H11Cl3N2O/c12-6-4-7(13)10(14)9(5-6)16-3-1-2-8(16)11(15)17/h4-5,8H,1-3H2,(H2,15,17)/t8-/m1/s1. The van der Waals surface area contributed by atoms with E-state index in [9.17, 15) is 4.79 Å². The first-order valence-corrected chi connectivity index (χ1v) is 6.34. The van der Waals surface area contributed by atoms with Crippen LogP contribution in [0.5, 0.6) is 0 Å². The van der Waals surface area contributed by atoms with Gasteiger partial charge in [0.1, 0.15) is 6.04 Å². The molecule has 0 saturated carbocycles. The van der Waals surface area contributed by atoms with E-state index in [1.54, 1.807) is 12.1 Å². The molecule has 0 aromatic heterocycles. The van der Waals surface area contributed by atoms with Crippen molar-refractivity contribution in [2.45, 2.75) is 18.9 Å². The van der Waals surface area contributed by atoms with Gasteiger partial charge in [-0.15, -0.1) is 0 Å². The summed E-state index contributed by atoms with van der Waals surface area (Å²) in [5, 5.41) is 1.28. The number of hydrogen-bond acceptors (Lipinski definition) is 2. The molecule has 1 amide bonds. The molecule has 1 aromatic rings. The summed E-state index contributed by atoms with van der Waals surface area (Å²) in [6, 6.07) is 2.95. The second-order valence-corrected chi connectivity index (χ2v) is 5.20. The average Bonchev–Trinajstić information content (AvgIpc) is 2.72. The summed E-state index contributed by atoms with van der Waals surface area (Å²) in [6.45, 7) is 0.726. The monoisotopic (exact) mass is 292 g/mol. The summed E-state index contributed by atoms with van der Waals surface area (Å²) >= 11 is 18.0. The Labute approximate surface area is 114 Å². The molecule has 92 valence electrons. The van der Waals surface area contributed by atoms with Crippen molar-refractivity contribution < 1.29 is 4.79 Å². The van der Waals surface area contributed by atoms with Crippen molar-refractivity contribution in [3.8, 4) is 0 Å². The van der Waals surface area contributed by atoms with Gasteiger partial charge in [0.05, 0.1) is 15.7 Å². The zero-order chi connectivity index (χ0) is 12.6. The zero-order valence-electron chi connectivity index (χ0n) is 8.92. The third-order valence-corrected chi connectivity index (χ3v) is 3.87. The van der Waals surface area contributed by atoms with E-state index in [0.717, 1.165) is 19.4 Å². The Morgan fingerprint density at radius 3 is 2.71 bits per heavy atom. The molecule has 1 heterocycles. The van der Waals surface area contributed by atoms with E-state index in [1.807, 2.05) is 4.90 Å².